The van der Waals surface area contributed by atoms with Gasteiger partial charge in [-0.15, -0.1) is 0 Å². The molecule has 2 aromatic rings. The fourth-order valence-corrected chi connectivity index (χ4v) is 3.64. The first-order valence-corrected chi connectivity index (χ1v) is 7.24. The molecule has 94 valence electrons. The quantitative estimate of drug-likeness (QED) is 0.387. The van der Waals surface area contributed by atoms with Crippen molar-refractivity contribution in [1.29, 1.82) is 0 Å². The van der Waals surface area contributed by atoms with Crippen molar-refractivity contribution in [3.8, 4) is 0 Å². The fourth-order valence-electron chi connectivity index (χ4n) is 1.24. The molecule has 0 aliphatic heterocycles. The van der Waals surface area contributed by atoms with Crippen LogP contribution in [0.5, 0.6) is 0 Å². The fraction of sp³-hybridized carbons (Fsp3) is 0.100. The molecule has 1 heterocycles. The number of nitrogens with two attached hydrogens (primary N) is 1. The maximum Gasteiger partial charge on any atom is 0.174 e. The molecule has 0 atom stereocenters. The summed E-state index contributed by atoms with van der Waals surface area (Å²) in [5.74, 6) is 0.847. The molecule has 0 saturated carbocycles. The molecule has 0 spiro atoms. The monoisotopic (exact) mass is 344 g/mol. The Kier molecular flexibility index (Phi) is 4.20. The second-order valence-electron chi connectivity index (χ2n) is 3.34. The van der Waals surface area contributed by atoms with Gasteiger partial charge in [0.15, 0.2) is 10.2 Å². The van der Waals surface area contributed by atoms with Crippen LogP contribution in [-0.4, -0.2) is 20.4 Å². The zero-order valence-corrected chi connectivity index (χ0v) is 12.5. The average molecular weight is 345 g/mol. The number of aromatic nitrogens is 2. The van der Waals surface area contributed by atoms with Gasteiger partial charge in [0.2, 0.25) is 0 Å². The first-order chi connectivity index (χ1) is 8.60. The number of hydrogen-bond acceptors (Lipinski definition) is 6. The molecule has 0 bridgehead atoms. The van der Waals surface area contributed by atoms with Crippen LogP contribution in [0, 0.1) is 6.92 Å². The topological polar surface area (TPSA) is 84.4 Å². The predicted molar refractivity (Wildman–Crippen MR) is 75.4 cm³/mol. The average Bonchev–Trinajstić information content (AvgIpc) is 2.74. The summed E-state index contributed by atoms with van der Waals surface area (Å²) in [6, 6.07) is 5.57. The normalized spacial score (nSPS) is 11.8. The number of benzene rings is 1. The number of rotatable bonds is 3. The van der Waals surface area contributed by atoms with E-state index in [1.165, 1.54) is 23.3 Å². The van der Waals surface area contributed by atoms with Gasteiger partial charge in [0.05, 0.1) is 0 Å². The lowest BCUT2D eigenvalue weighted by atomic mass is 10.2. The highest BCUT2D eigenvalue weighted by atomic mass is 79.9. The first-order valence-electron chi connectivity index (χ1n) is 4.86. The Hall–Kier alpha value is -1.12. The summed E-state index contributed by atoms with van der Waals surface area (Å²) in [5, 5.41) is 11.6. The molecule has 3 N–H and O–H groups in total. The minimum Gasteiger partial charge on any atom is -0.409 e. The van der Waals surface area contributed by atoms with Crippen molar-refractivity contribution >= 4 is 45.1 Å². The number of hydrogen-bond donors (Lipinski definition) is 2. The van der Waals surface area contributed by atoms with E-state index >= 15 is 0 Å². The van der Waals surface area contributed by atoms with Crippen LogP contribution in [0.3, 0.4) is 0 Å². The molecule has 0 saturated heterocycles. The number of amidine groups is 1. The van der Waals surface area contributed by atoms with Crippen molar-refractivity contribution in [1.82, 2.24) is 9.36 Å². The van der Waals surface area contributed by atoms with Crippen molar-refractivity contribution in [2.24, 2.45) is 10.9 Å². The van der Waals surface area contributed by atoms with Gasteiger partial charge in [-0.05, 0) is 52.6 Å². The number of nitrogens with zero attached hydrogens (tertiary/aromatic N) is 3. The second kappa shape index (κ2) is 5.68. The molecule has 1 aromatic carbocycles. The molecule has 0 radical (unpaired) electrons. The zero-order valence-electron chi connectivity index (χ0n) is 9.29. The van der Waals surface area contributed by atoms with Gasteiger partial charge in [-0.3, -0.25) is 0 Å². The van der Waals surface area contributed by atoms with Crippen LogP contribution in [0.25, 0.3) is 0 Å². The van der Waals surface area contributed by atoms with Crippen molar-refractivity contribution in [3.63, 3.8) is 0 Å². The van der Waals surface area contributed by atoms with Gasteiger partial charge in [-0.1, -0.05) is 16.9 Å². The number of aryl methyl sites for hydroxylation is 1. The third kappa shape index (κ3) is 3.01. The third-order valence-corrected chi connectivity index (χ3v) is 4.53. The van der Waals surface area contributed by atoms with Gasteiger partial charge in [0.25, 0.3) is 0 Å². The number of halogens is 1. The third-order valence-electron chi connectivity index (χ3n) is 2.04. The summed E-state index contributed by atoms with van der Waals surface area (Å²) in [6.07, 6.45) is 0. The lowest BCUT2D eigenvalue weighted by Gasteiger charge is -2.04. The van der Waals surface area contributed by atoms with E-state index in [0.717, 1.165) is 19.5 Å². The van der Waals surface area contributed by atoms with Crippen LogP contribution in [0.15, 0.2) is 37.1 Å². The molecule has 0 aliphatic rings. The van der Waals surface area contributed by atoms with Crippen LogP contribution in [0.1, 0.15) is 11.4 Å². The molecule has 0 fully saturated rings. The molecule has 2 rings (SSSR count). The second-order valence-corrected chi connectivity index (χ2v) is 6.26. The largest absolute Gasteiger partial charge is 0.409 e. The summed E-state index contributed by atoms with van der Waals surface area (Å²) in [4.78, 5) is 5.28. The smallest absolute Gasteiger partial charge is 0.174 e. The van der Waals surface area contributed by atoms with Crippen LogP contribution in [-0.2, 0) is 0 Å². The Labute approximate surface area is 120 Å². The molecule has 8 heteroatoms. The summed E-state index contributed by atoms with van der Waals surface area (Å²) >= 11 is 6.27. The highest BCUT2D eigenvalue weighted by Crippen LogP contribution is 2.31. The summed E-state index contributed by atoms with van der Waals surface area (Å²) in [5.41, 5.74) is 6.19. The van der Waals surface area contributed by atoms with E-state index < -0.39 is 0 Å². The van der Waals surface area contributed by atoms with Crippen molar-refractivity contribution in [2.45, 2.75) is 16.2 Å². The highest BCUT2D eigenvalue weighted by Gasteiger charge is 2.08. The Balaban J connectivity index is 2.24. The zero-order chi connectivity index (χ0) is 13.1. The van der Waals surface area contributed by atoms with Gasteiger partial charge < -0.3 is 10.9 Å². The molecular weight excluding hydrogens is 336 g/mol. The Morgan fingerprint density at radius 2 is 2.33 bits per heavy atom. The van der Waals surface area contributed by atoms with E-state index in [1.807, 2.05) is 19.1 Å². The predicted octanol–water partition coefficient (Wildman–Crippen LogP) is 2.85. The molecule has 18 heavy (non-hydrogen) atoms. The standard InChI is InChI=1S/C10H9BrN4OS2/c1-5-13-10(18-15-5)17-6-2-3-7(8(11)4-6)9(12)14-16/h2-4,16H,1H3,(H2,12,14). The van der Waals surface area contributed by atoms with Crippen LogP contribution in [0.2, 0.25) is 0 Å². The Morgan fingerprint density at radius 3 is 2.89 bits per heavy atom. The maximum atomic E-state index is 8.64. The molecule has 1 aromatic heterocycles. The van der Waals surface area contributed by atoms with Gasteiger partial charge in [0.1, 0.15) is 5.82 Å². The Bertz CT molecular complexity index is 599. The van der Waals surface area contributed by atoms with E-state index in [4.69, 9.17) is 10.9 Å². The van der Waals surface area contributed by atoms with E-state index in [9.17, 15) is 0 Å². The molecular formula is C10H9BrN4OS2. The molecule has 0 unspecified atom stereocenters. The van der Waals surface area contributed by atoms with Crippen LogP contribution in [0.4, 0.5) is 0 Å². The SMILES string of the molecule is Cc1nsc(Sc2ccc(/C(N)=N/O)c(Br)c2)n1. The van der Waals surface area contributed by atoms with E-state index in [-0.39, 0.29) is 5.84 Å². The van der Waals surface area contributed by atoms with Gasteiger partial charge in [-0.25, -0.2) is 4.98 Å². The van der Waals surface area contributed by atoms with Crippen molar-refractivity contribution in [2.75, 3.05) is 0 Å². The van der Waals surface area contributed by atoms with Crippen molar-refractivity contribution in [3.05, 3.63) is 34.1 Å². The minimum absolute atomic E-state index is 0.0742. The van der Waals surface area contributed by atoms with E-state index in [1.54, 1.807) is 6.07 Å². The van der Waals surface area contributed by atoms with Crippen LogP contribution < -0.4 is 5.73 Å². The van der Waals surface area contributed by atoms with E-state index in [2.05, 4.69) is 30.4 Å². The minimum atomic E-state index is 0.0742. The summed E-state index contributed by atoms with van der Waals surface area (Å²) < 4.78 is 5.77. The Morgan fingerprint density at radius 1 is 1.56 bits per heavy atom. The first kappa shape index (κ1) is 13.3. The lowest BCUT2D eigenvalue weighted by molar-refractivity contribution is 0.318. The van der Waals surface area contributed by atoms with Gasteiger partial charge in [-0.2, -0.15) is 4.37 Å². The maximum absolute atomic E-state index is 8.64. The number of oxime groups is 1. The highest BCUT2D eigenvalue weighted by molar-refractivity contribution is 9.10. The molecule has 0 amide bonds. The van der Waals surface area contributed by atoms with Gasteiger partial charge >= 0.3 is 0 Å². The van der Waals surface area contributed by atoms with Crippen LogP contribution >= 0.6 is 39.2 Å². The molecule has 5 nitrogen and oxygen atoms in total. The van der Waals surface area contributed by atoms with Crippen molar-refractivity contribution < 1.29 is 5.21 Å². The molecule has 0 aliphatic carbocycles. The lowest BCUT2D eigenvalue weighted by Crippen LogP contribution is -2.13. The van der Waals surface area contributed by atoms with E-state index in [0.29, 0.717) is 5.56 Å². The van der Waals surface area contributed by atoms with Gasteiger partial charge in [0, 0.05) is 14.9 Å². The summed E-state index contributed by atoms with van der Waals surface area (Å²) in [6.45, 7) is 1.86. The summed E-state index contributed by atoms with van der Waals surface area (Å²) in [7, 11) is 0.